The molecule has 3 aromatic carbocycles. The zero-order chi connectivity index (χ0) is 29.2. The average molecular weight is 543 g/mol. The van der Waals surface area contributed by atoms with E-state index in [-0.39, 0.29) is 11.5 Å². The molecule has 0 spiro atoms. The maximum absolute atomic E-state index is 10.9. The number of aromatic hydroxyl groups is 2. The van der Waals surface area contributed by atoms with Crippen LogP contribution in [0.1, 0.15) is 87.8 Å². The van der Waals surface area contributed by atoms with E-state index in [4.69, 9.17) is 14.7 Å². The Balaban J connectivity index is 1.99. The molecular weight excluding hydrogens is 496 g/mol. The fourth-order valence-corrected chi connectivity index (χ4v) is 4.63. The van der Waals surface area contributed by atoms with E-state index in [1.165, 1.54) is 11.1 Å². The van der Waals surface area contributed by atoms with Gasteiger partial charge >= 0.3 is 0 Å². The molecule has 0 aromatic heterocycles. The highest BCUT2D eigenvalue weighted by molar-refractivity contribution is 5.90. The summed E-state index contributed by atoms with van der Waals surface area (Å²) in [5.74, 6) is 2.43. The molecule has 5 heteroatoms. The second-order valence-electron chi connectivity index (χ2n) is 11.3. The fraction of sp³-hybridized carbons (Fsp3) is 0.429. The quantitative estimate of drug-likeness (QED) is 0.212. The molecule has 40 heavy (non-hydrogen) atoms. The maximum Gasteiger partial charge on any atom is 0.127 e. The van der Waals surface area contributed by atoms with Crippen LogP contribution in [-0.4, -0.2) is 29.8 Å². The summed E-state index contributed by atoms with van der Waals surface area (Å²) in [5.41, 5.74) is 6.91. The number of methoxy groups -OCH3 is 1. The van der Waals surface area contributed by atoms with Gasteiger partial charge in [0.2, 0.25) is 0 Å². The molecule has 0 fully saturated rings. The van der Waals surface area contributed by atoms with Crippen LogP contribution in [-0.2, 0) is 25.7 Å². The van der Waals surface area contributed by atoms with Crippen LogP contribution in [0, 0.1) is 11.8 Å². The average Bonchev–Trinajstić information content (AvgIpc) is 2.94. The minimum atomic E-state index is 0.266. The Labute approximate surface area is 240 Å². The zero-order valence-corrected chi connectivity index (χ0v) is 25.3. The second-order valence-corrected chi connectivity index (χ2v) is 11.3. The van der Waals surface area contributed by atoms with E-state index in [9.17, 15) is 10.2 Å². The highest BCUT2D eigenvalue weighted by Gasteiger charge is 2.11. The standard InChI is InChI=1S/C35H46N2O3/c1-8-27-16-25(12-10-23(3)4)18-29(34(27)38)21-36-32-15-14-31(40-7)20-33(32)37-22-30-19-26(13-11-24(5)6)17-28(9-2)35(30)39/h14-24,38-39H,8-13H2,1-7H3. The van der Waals surface area contributed by atoms with Gasteiger partial charge in [-0.25, -0.2) is 0 Å². The Kier molecular flexibility index (Phi) is 11.4. The Morgan fingerprint density at radius 3 is 1.60 bits per heavy atom. The lowest BCUT2D eigenvalue weighted by Gasteiger charge is -2.12. The molecular formula is C35H46N2O3. The van der Waals surface area contributed by atoms with Crippen LogP contribution >= 0.6 is 0 Å². The third kappa shape index (κ3) is 8.45. The molecule has 5 nitrogen and oxygen atoms in total. The van der Waals surface area contributed by atoms with Crippen molar-refractivity contribution in [3.05, 3.63) is 75.8 Å². The van der Waals surface area contributed by atoms with Crippen molar-refractivity contribution in [3.8, 4) is 17.2 Å². The lowest BCUT2D eigenvalue weighted by atomic mass is 9.97. The molecule has 0 radical (unpaired) electrons. The van der Waals surface area contributed by atoms with Crippen LogP contribution in [0.15, 0.2) is 52.4 Å². The van der Waals surface area contributed by atoms with Crippen molar-refractivity contribution in [2.24, 2.45) is 21.8 Å². The van der Waals surface area contributed by atoms with Gasteiger partial charge in [-0.1, -0.05) is 53.7 Å². The SMILES string of the molecule is CCc1cc(CCC(C)C)cc(C=Nc2ccc(OC)cc2N=Cc2cc(CCC(C)C)cc(CC)c2O)c1O. The van der Waals surface area contributed by atoms with Crippen LogP contribution in [0.4, 0.5) is 11.4 Å². The summed E-state index contributed by atoms with van der Waals surface area (Å²) < 4.78 is 5.45. The van der Waals surface area contributed by atoms with Crippen LogP contribution in [0.2, 0.25) is 0 Å². The summed E-state index contributed by atoms with van der Waals surface area (Å²) >= 11 is 0. The summed E-state index contributed by atoms with van der Waals surface area (Å²) in [6.07, 6.45) is 9.02. The van der Waals surface area contributed by atoms with Crippen molar-refractivity contribution in [3.63, 3.8) is 0 Å². The van der Waals surface area contributed by atoms with Gasteiger partial charge in [0.25, 0.3) is 0 Å². The number of rotatable bonds is 13. The molecule has 214 valence electrons. The van der Waals surface area contributed by atoms with Gasteiger partial charge in [-0.05, 0) is 96.9 Å². The van der Waals surface area contributed by atoms with Gasteiger partial charge in [0, 0.05) is 29.6 Å². The van der Waals surface area contributed by atoms with Gasteiger partial charge in [0.15, 0.2) is 0 Å². The van der Waals surface area contributed by atoms with Crippen molar-refractivity contribution in [2.45, 2.75) is 80.1 Å². The number of benzene rings is 3. The third-order valence-corrected chi connectivity index (χ3v) is 7.21. The largest absolute Gasteiger partial charge is 0.507 e. The number of hydrogen-bond acceptors (Lipinski definition) is 5. The Morgan fingerprint density at radius 1 is 0.700 bits per heavy atom. The third-order valence-electron chi connectivity index (χ3n) is 7.21. The predicted molar refractivity (Wildman–Crippen MR) is 169 cm³/mol. The molecule has 0 saturated heterocycles. The lowest BCUT2D eigenvalue weighted by molar-refractivity contribution is 0.415. The van der Waals surface area contributed by atoms with E-state index in [0.29, 0.717) is 40.1 Å². The molecule has 0 unspecified atom stereocenters. The van der Waals surface area contributed by atoms with E-state index < -0.39 is 0 Å². The molecule has 0 aliphatic rings. The number of hydrogen-bond donors (Lipinski definition) is 2. The van der Waals surface area contributed by atoms with Crippen LogP contribution in [0.25, 0.3) is 0 Å². The molecule has 0 amide bonds. The molecule has 3 aromatic rings. The fourth-order valence-electron chi connectivity index (χ4n) is 4.63. The highest BCUT2D eigenvalue weighted by atomic mass is 16.5. The van der Waals surface area contributed by atoms with Gasteiger partial charge in [-0.3, -0.25) is 9.98 Å². The van der Waals surface area contributed by atoms with E-state index >= 15 is 0 Å². The first kappa shape index (κ1) is 30.9. The normalized spacial score (nSPS) is 11.9. The van der Waals surface area contributed by atoms with Crippen molar-refractivity contribution in [1.29, 1.82) is 0 Å². The maximum atomic E-state index is 10.9. The second kappa shape index (κ2) is 14.7. The summed E-state index contributed by atoms with van der Waals surface area (Å²) in [4.78, 5) is 9.49. The first-order valence-electron chi connectivity index (χ1n) is 14.6. The summed E-state index contributed by atoms with van der Waals surface area (Å²) in [7, 11) is 1.62. The lowest BCUT2D eigenvalue weighted by Crippen LogP contribution is -1.97. The molecule has 0 aliphatic carbocycles. The van der Waals surface area contributed by atoms with E-state index in [0.717, 1.165) is 49.7 Å². The minimum absolute atomic E-state index is 0.266. The number of phenols is 2. The highest BCUT2D eigenvalue weighted by Crippen LogP contribution is 2.34. The first-order valence-corrected chi connectivity index (χ1v) is 14.6. The zero-order valence-electron chi connectivity index (χ0n) is 25.3. The smallest absolute Gasteiger partial charge is 0.127 e. The molecule has 0 heterocycles. The first-order chi connectivity index (χ1) is 19.1. The summed E-state index contributed by atoms with van der Waals surface area (Å²) in [5, 5.41) is 21.8. The van der Waals surface area contributed by atoms with Gasteiger partial charge in [-0.2, -0.15) is 0 Å². The van der Waals surface area contributed by atoms with Crippen molar-refractivity contribution >= 4 is 23.8 Å². The number of nitrogens with zero attached hydrogens (tertiary/aromatic N) is 2. The van der Waals surface area contributed by atoms with Gasteiger partial charge in [-0.15, -0.1) is 0 Å². The number of phenolic OH excluding ortho intramolecular Hbond substituents is 2. The summed E-state index contributed by atoms with van der Waals surface area (Å²) in [6.45, 7) is 13.0. The van der Waals surface area contributed by atoms with Gasteiger partial charge in [0.05, 0.1) is 18.5 Å². The van der Waals surface area contributed by atoms with Crippen molar-refractivity contribution in [1.82, 2.24) is 0 Å². The number of ether oxygens (including phenoxy) is 1. The van der Waals surface area contributed by atoms with Gasteiger partial charge < -0.3 is 14.9 Å². The Hall–Kier alpha value is -3.60. The van der Waals surface area contributed by atoms with E-state index in [2.05, 4.69) is 46.8 Å². The topological polar surface area (TPSA) is 74.4 Å². The minimum Gasteiger partial charge on any atom is -0.507 e. The molecule has 0 saturated carbocycles. The van der Waals surface area contributed by atoms with Crippen LogP contribution < -0.4 is 4.74 Å². The monoisotopic (exact) mass is 542 g/mol. The van der Waals surface area contributed by atoms with Gasteiger partial charge in [0.1, 0.15) is 17.2 Å². The number of aryl methyl sites for hydroxylation is 4. The summed E-state index contributed by atoms with van der Waals surface area (Å²) in [6, 6.07) is 13.8. The predicted octanol–water partition coefficient (Wildman–Crippen LogP) is 8.91. The van der Waals surface area contributed by atoms with E-state index in [1.54, 1.807) is 19.5 Å². The number of aliphatic imine (C=N–C) groups is 2. The molecule has 0 bridgehead atoms. The molecule has 0 aliphatic heterocycles. The molecule has 3 rings (SSSR count). The van der Waals surface area contributed by atoms with Crippen molar-refractivity contribution < 1.29 is 14.9 Å². The molecule has 2 N–H and O–H groups in total. The van der Waals surface area contributed by atoms with Crippen LogP contribution in [0.3, 0.4) is 0 Å². The molecule has 0 atom stereocenters. The Bertz CT molecular complexity index is 1340. The Morgan fingerprint density at radius 2 is 1.18 bits per heavy atom. The van der Waals surface area contributed by atoms with Crippen molar-refractivity contribution in [2.75, 3.05) is 7.11 Å². The van der Waals surface area contributed by atoms with E-state index in [1.807, 2.05) is 37.3 Å². The van der Waals surface area contributed by atoms with Crippen LogP contribution in [0.5, 0.6) is 17.2 Å².